The lowest BCUT2D eigenvalue weighted by atomic mass is 10.1. The fourth-order valence-corrected chi connectivity index (χ4v) is 2.51. The van der Waals surface area contributed by atoms with Gasteiger partial charge in [-0.1, -0.05) is 34.8 Å². The van der Waals surface area contributed by atoms with Crippen molar-refractivity contribution in [3.8, 4) is 0 Å². The number of hydrogen-bond acceptors (Lipinski definition) is 2. The summed E-state index contributed by atoms with van der Waals surface area (Å²) in [6.07, 6.45) is 2.93. The Kier molecular flexibility index (Phi) is 5.71. The Morgan fingerprint density at radius 1 is 1.05 bits per heavy atom. The van der Waals surface area contributed by atoms with Gasteiger partial charge in [0.05, 0.1) is 10.0 Å². The van der Waals surface area contributed by atoms with Crippen molar-refractivity contribution >= 4 is 62.2 Å². The number of carbonyl (C=O) groups is 1. The van der Waals surface area contributed by atoms with Gasteiger partial charge in [-0.3, -0.25) is 4.79 Å². The molecule has 0 saturated heterocycles. The zero-order valence-electron chi connectivity index (χ0n) is 10.5. The third-order valence-corrected chi connectivity index (χ3v) is 4.38. The van der Waals surface area contributed by atoms with Crippen LogP contribution < -0.4 is 5.32 Å². The second kappa shape index (κ2) is 7.32. The number of allylic oxidation sites excluding steroid dienone is 1. The van der Waals surface area contributed by atoms with Gasteiger partial charge in [0.1, 0.15) is 0 Å². The molecule has 2 aromatic rings. The Bertz CT molecular complexity index is 716. The zero-order chi connectivity index (χ0) is 15.4. The van der Waals surface area contributed by atoms with Crippen LogP contribution in [-0.2, 0) is 0 Å². The SMILES string of the molecule is O=C(/C=C/Nc1ccc(Br)c(Cl)c1)c1ccc(Cl)cc1Cl. The third-order valence-electron chi connectivity index (χ3n) is 2.60. The molecular formula is C15H9BrCl3NO. The topological polar surface area (TPSA) is 29.1 Å². The average Bonchev–Trinajstić information content (AvgIpc) is 2.42. The van der Waals surface area contributed by atoms with E-state index in [1.165, 1.54) is 18.3 Å². The van der Waals surface area contributed by atoms with Crippen molar-refractivity contribution in [1.82, 2.24) is 0 Å². The average molecular weight is 406 g/mol. The normalized spacial score (nSPS) is 10.9. The number of nitrogens with one attached hydrogen (secondary N) is 1. The highest BCUT2D eigenvalue weighted by atomic mass is 79.9. The number of halogens is 4. The number of rotatable bonds is 4. The van der Waals surface area contributed by atoms with E-state index in [1.54, 1.807) is 18.2 Å². The standard InChI is InChI=1S/C15H9BrCl3NO/c16-12-4-2-10(8-14(12)19)20-6-5-15(21)11-3-1-9(17)7-13(11)18/h1-8,20H/b6-5+. The third kappa shape index (κ3) is 4.48. The second-order valence-electron chi connectivity index (χ2n) is 4.09. The first-order chi connectivity index (χ1) is 9.97. The summed E-state index contributed by atoms with van der Waals surface area (Å²) in [6.45, 7) is 0. The summed E-state index contributed by atoms with van der Waals surface area (Å²) in [6, 6.07) is 10.1. The molecule has 0 saturated carbocycles. The maximum Gasteiger partial charge on any atom is 0.188 e. The zero-order valence-corrected chi connectivity index (χ0v) is 14.4. The molecule has 1 N–H and O–H groups in total. The molecule has 0 atom stereocenters. The molecule has 0 fully saturated rings. The molecule has 2 rings (SSSR count). The Hall–Kier alpha value is -1.000. The van der Waals surface area contributed by atoms with Crippen molar-refractivity contribution in [2.75, 3.05) is 5.32 Å². The molecule has 108 valence electrons. The first-order valence-corrected chi connectivity index (χ1v) is 7.77. The van der Waals surface area contributed by atoms with E-state index in [1.807, 2.05) is 12.1 Å². The lowest BCUT2D eigenvalue weighted by molar-refractivity contribution is 0.104. The van der Waals surface area contributed by atoms with Crippen molar-refractivity contribution in [2.24, 2.45) is 0 Å². The van der Waals surface area contributed by atoms with E-state index in [0.29, 0.717) is 20.6 Å². The van der Waals surface area contributed by atoms with E-state index >= 15 is 0 Å². The minimum Gasteiger partial charge on any atom is -0.362 e. The predicted molar refractivity (Wildman–Crippen MR) is 92.7 cm³/mol. The Balaban J connectivity index is 2.06. The van der Waals surface area contributed by atoms with Gasteiger partial charge >= 0.3 is 0 Å². The summed E-state index contributed by atoms with van der Waals surface area (Å²) >= 11 is 21.1. The number of carbonyl (C=O) groups excluding carboxylic acids is 1. The first-order valence-electron chi connectivity index (χ1n) is 5.85. The summed E-state index contributed by atoms with van der Waals surface area (Å²) in [4.78, 5) is 12.0. The fourth-order valence-electron chi connectivity index (χ4n) is 1.58. The summed E-state index contributed by atoms with van der Waals surface area (Å²) in [5, 5.41) is 4.36. The van der Waals surface area contributed by atoms with Crippen molar-refractivity contribution in [2.45, 2.75) is 0 Å². The predicted octanol–water partition coefficient (Wildman–Crippen LogP) is 6.22. The molecule has 0 bridgehead atoms. The summed E-state index contributed by atoms with van der Waals surface area (Å²) in [5.41, 5.74) is 1.17. The fraction of sp³-hybridized carbons (Fsp3) is 0. The monoisotopic (exact) mass is 403 g/mol. The van der Waals surface area contributed by atoms with Gasteiger partial charge in [0.2, 0.25) is 0 Å². The highest BCUT2D eigenvalue weighted by Crippen LogP contribution is 2.25. The molecule has 2 aromatic carbocycles. The molecule has 0 spiro atoms. The maximum absolute atomic E-state index is 12.0. The Morgan fingerprint density at radius 2 is 1.81 bits per heavy atom. The maximum atomic E-state index is 12.0. The molecule has 0 aliphatic rings. The Morgan fingerprint density at radius 3 is 2.48 bits per heavy atom. The van der Waals surface area contributed by atoms with Crippen molar-refractivity contribution in [3.05, 3.63) is 73.8 Å². The minimum atomic E-state index is -0.215. The molecule has 0 amide bonds. The molecule has 0 aliphatic carbocycles. The van der Waals surface area contributed by atoms with Crippen molar-refractivity contribution in [1.29, 1.82) is 0 Å². The highest BCUT2D eigenvalue weighted by Gasteiger charge is 2.07. The van der Waals surface area contributed by atoms with Gasteiger partial charge in [0.25, 0.3) is 0 Å². The molecule has 6 heteroatoms. The van der Waals surface area contributed by atoms with Crippen LogP contribution in [0.4, 0.5) is 5.69 Å². The molecule has 21 heavy (non-hydrogen) atoms. The highest BCUT2D eigenvalue weighted by molar-refractivity contribution is 9.10. The van der Waals surface area contributed by atoms with E-state index in [-0.39, 0.29) is 5.78 Å². The second-order valence-corrected chi connectivity index (χ2v) is 6.20. The van der Waals surface area contributed by atoms with Crippen LogP contribution in [-0.4, -0.2) is 5.78 Å². The van der Waals surface area contributed by atoms with Gasteiger partial charge in [-0.15, -0.1) is 0 Å². The quantitative estimate of drug-likeness (QED) is 0.483. The lowest BCUT2D eigenvalue weighted by Gasteiger charge is -2.03. The van der Waals surface area contributed by atoms with E-state index in [9.17, 15) is 4.79 Å². The molecule has 2 nitrogen and oxygen atoms in total. The first kappa shape index (κ1) is 16.4. The summed E-state index contributed by atoms with van der Waals surface area (Å²) in [7, 11) is 0. The van der Waals surface area contributed by atoms with Crippen LogP contribution in [0.25, 0.3) is 0 Å². The van der Waals surface area contributed by atoms with Gasteiger partial charge in [-0.2, -0.15) is 0 Å². The van der Waals surface area contributed by atoms with Crippen LogP contribution in [0.3, 0.4) is 0 Å². The van der Waals surface area contributed by atoms with Gasteiger partial charge in [-0.25, -0.2) is 0 Å². The van der Waals surface area contributed by atoms with E-state index < -0.39 is 0 Å². The molecular weight excluding hydrogens is 396 g/mol. The Labute approximate surface area is 145 Å². The number of benzene rings is 2. The summed E-state index contributed by atoms with van der Waals surface area (Å²) < 4.78 is 0.808. The van der Waals surface area contributed by atoms with Crippen molar-refractivity contribution in [3.63, 3.8) is 0 Å². The van der Waals surface area contributed by atoms with E-state index in [2.05, 4.69) is 21.2 Å². The van der Waals surface area contributed by atoms with Crippen LogP contribution in [0.5, 0.6) is 0 Å². The molecule has 0 aliphatic heterocycles. The molecule has 0 heterocycles. The molecule has 0 unspecified atom stereocenters. The van der Waals surface area contributed by atoms with Gasteiger partial charge in [-0.05, 0) is 52.3 Å². The van der Waals surface area contributed by atoms with Crippen LogP contribution in [0.2, 0.25) is 15.1 Å². The van der Waals surface area contributed by atoms with E-state index in [4.69, 9.17) is 34.8 Å². The van der Waals surface area contributed by atoms with E-state index in [0.717, 1.165) is 10.2 Å². The number of ketones is 1. The number of anilines is 1. The van der Waals surface area contributed by atoms with Crippen LogP contribution in [0, 0.1) is 0 Å². The van der Waals surface area contributed by atoms with Crippen LogP contribution in [0.15, 0.2) is 53.1 Å². The minimum absolute atomic E-state index is 0.215. The van der Waals surface area contributed by atoms with Gasteiger partial charge < -0.3 is 5.32 Å². The smallest absolute Gasteiger partial charge is 0.188 e. The van der Waals surface area contributed by atoms with Gasteiger partial charge in [0, 0.05) is 33.0 Å². The molecule has 0 radical (unpaired) electrons. The lowest BCUT2D eigenvalue weighted by Crippen LogP contribution is -1.97. The van der Waals surface area contributed by atoms with Crippen LogP contribution in [0.1, 0.15) is 10.4 Å². The summed E-state index contributed by atoms with van der Waals surface area (Å²) in [5.74, 6) is -0.215. The molecule has 0 aromatic heterocycles. The van der Waals surface area contributed by atoms with Crippen molar-refractivity contribution < 1.29 is 4.79 Å². The largest absolute Gasteiger partial charge is 0.362 e. The van der Waals surface area contributed by atoms with Crippen LogP contribution >= 0.6 is 50.7 Å². The van der Waals surface area contributed by atoms with Gasteiger partial charge in [0.15, 0.2) is 5.78 Å². The number of hydrogen-bond donors (Lipinski definition) is 1.